The third kappa shape index (κ3) is 3.71. The Morgan fingerprint density at radius 3 is 2.33 bits per heavy atom. The van der Waals surface area contributed by atoms with Gasteiger partial charge in [-0.25, -0.2) is 0 Å². The Labute approximate surface area is 132 Å². The van der Waals surface area contributed by atoms with Gasteiger partial charge in [0.2, 0.25) is 0 Å². The van der Waals surface area contributed by atoms with E-state index >= 15 is 0 Å². The molecule has 3 unspecified atom stereocenters. The fourth-order valence-electron chi connectivity index (χ4n) is 4.50. The molecule has 0 bridgehead atoms. The Hall–Kier alpha value is 0.0969. The summed E-state index contributed by atoms with van der Waals surface area (Å²) in [4.78, 5) is 0. The largest absolute Gasteiger partial charge is 0.427 e. The molecule has 1 aliphatic carbocycles. The molecule has 3 atom stereocenters. The van der Waals surface area contributed by atoms with Gasteiger partial charge in [-0.05, 0) is 50.9 Å². The van der Waals surface area contributed by atoms with Crippen molar-refractivity contribution in [1.29, 1.82) is 0 Å². The van der Waals surface area contributed by atoms with Gasteiger partial charge in [0.25, 0.3) is 0 Å². The average Bonchev–Trinajstić information content (AvgIpc) is 2.50. The lowest BCUT2D eigenvalue weighted by molar-refractivity contribution is 0.0288. The Bertz CT molecular complexity index is 320. The lowest BCUT2D eigenvalue weighted by Crippen LogP contribution is -2.67. The minimum absolute atomic E-state index is 0.614. The summed E-state index contributed by atoms with van der Waals surface area (Å²) in [5, 5.41) is 0. The molecule has 2 aliphatic rings. The van der Waals surface area contributed by atoms with Crippen molar-refractivity contribution in [3.8, 4) is 0 Å². The van der Waals surface area contributed by atoms with Crippen molar-refractivity contribution < 1.29 is 8.85 Å². The van der Waals surface area contributed by atoms with Crippen molar-refractivity contribution in [1.82, 2.24) is 4.57 Å². The summed E-state index contributed by atoms with van der Waals surface area (Å²) in [6.45, 7) is 6.99. The van der Waals surface area contributed by atoms with E-state index in [9.17, 15) is 0 Å². The van der Waals surface area contributed by atoms with Crippen LogP contribution >= 0.6 is 0 Å². The number of fused-ring (bicyclic) bond motifs is 1. The minimum Gasteiger partial charge on any atom is -0.386 e. The molecule has 0 spiro atoms. The predicted molar refractivity (Wildman–Crippen MR) is 90.3 cm³/mol. The van der Waals surface area contributed by atoms with Crippen LogP contribution in [-0.4, -0.2) is 39.6 Å². The molecule has 1 saturated heterocycles. The van der Waals surface area contributed by atoms with Crippen LogP contribution in [-0.2, 0) is 8.85 Å². The van der Waals surface area contributed by atoms with Crippen LogP contribution in [0.4, 0.5) is 0 Å². The summed E-state index contributed by atoms with van der Waals surface area (Å²) >= 11 is 0. The molecule has 4 heteroatoms. The molecule has 21 heavy (non-hydrogen) atoms. The first-order valence-corrected chi connectivity index (χ1v) is 10.9. The fourth-order valence-corrected chi connectivity index (χ4v) is 8.34. The van der Waals surface area contributed by atoms with Crippen LogP contribution in [0.25, 0.3) is 0 Å². The van der Waals surface area contributed by atoms with Crippen molar-refractivity contribution in [3.63, 3.8) is 0 Å². The van der Waals surface area contributed by atoms with Crippen LogP contribution in [0.5, 0.6) is 0 Å². The van der Waals surface area contributed by atoms with Crippen molar-refractivity contribution in [3.05, 3.63) is 0 Å². The van der Waals surface area contributed by atoms with Crippen molar-refractivity contribution in [2.75, 3.05) is 14.2 Å². The summed E-state index contributed by atoms with van der Waals surface area (Å²) < 4.78 is 15.0. The van der Waals surface area contributed by atoms with Crippen LogP contribution in [0.15, 0.2) is 0 Å². The predicted octanol–water partition coefficient (Wildman–Crippen LogP) is 4.31. The third-order valence-electron chi connectivity index (χ3n) is 5.73. The monoisotopic (exact) mass is 313 g/mol. The highest BCUT2D eigenvalue weighted by atomic mass is 28.4. The zero-order chi connectivity index (χ0) is 15.5. The average molecular weight is 314 g/mol. The van der Waals surface area contributed by atoms with Gasteiger partial charge in [0.1, 0.15) is 0 Å². The van der Waals surface area contributed by atoms with Crippen LogP contribution in [0.2, 0.25) is 6.04 Å². The molecule has 0 aromatic heterocycles. The number of piperidine rings is 1. The van der Waals surface area contributed by atoms with E-state index in [0.29, 0.717) is 18.0 Å². The lowest BCUT2D eigenvalue weighted by atomic mass is 9.78. The molecule has 0 aromatic rings. The van der Waals surface area contributed by atoms with Crippen LogP contribution < -0.4 is 0 Å². The second-order valence-electron chi connectivity index (χ2n) is 7.50. The van der Waals surface area contributed by atoms with E-state index in [1.165, 1.54) is 44.9 Å². The van der Waals surface area contributed by atoms with E-state index in [4.69, 9.17) is 8.85 Å². The van der Waals surface area contributed by atoms with Crippen LogP contribution in [0.3, 0.4) is 0 Å². The first kappa shape index (κ1) is 17.5. The summed E-state index contributed by atoms with van der Waals surface area (Å²) in [7, 11) is 1.52. The zero-order valence-corrected chi connectivity index (χ0v) is 15.7. The lowest BCUT2D eigenvalue weighted by Gasteiger charge is -2.53. The molecule has 0 N–H and O–H groups in total. The van der Waals surface area contributed by atoms with Crippen molar-refractivity contribution >= 4 is 8.72 Å². The number of hydrogen-bond donors (Lipinski definition) is 0. The summed E-state index contributed by atoms with van der Waals surface area (Å²) in [5.74, 6) is 1.59. The maximum Gasteiger partial charge on any atom is 0.427 e. The van der Waals surface area contributed by atoms with Crippen molar-refractivity contribution in [2.24, 2.45) is 11.8 Å². The van der Waals surface area contributed by atoms with E-state index in [0.717, 1.165) is 12.0 Å². The van der Waals surface area contributed by atoms with Gasteiger partial charge in [-0.15, -0.1) is 0 Å². The van der Waals surface area contributed by atoms with E-state index in [1.807, 2.05) is 14.2 Å². The summed E-state index contributed by atoms with van der Waals surface area (Å²) in [5.41, 5.74) is 0. The second kappa shape index (κ2) is 7.58. The SMILES string of the molecule is CO[Si](CCC(C)C)(OC)N1C(C)CCC2CCCCC21. The quantitative estimate of drug-likeness (QED) is 0.682. The zero-order valence-electron chi connectivity index (χ0n) is 14.7. The minimum atomic E-state index is -2.24. The Kier molecular flexibility index (Phi) is 6.30. The molecule has 2 rings (SSSR count). The van der Waals surface area contributed by atoms with E-state index in [1.54, 1.807) is 0 Å². The number of rotatable bonds is 6. The molecule has 1 aliphatic heterocycles. The first-order valence-electron chi connectivity index (χ1n) is 8.92. The first-order chi connectivity index (χ1) is 10.0. The van der Waals surface area contributed by atoms with Gasteiger partial charge in [0.05, 0.1) is 0 Å². The molecule has 124 valence electrons. The van der Waals surface area contributed by atoms with Gasteiger partial charge >= 0.3 is 8.72 Å². The Balaban J connectivity index is 2.22. The van der Waals surface area contributed by atoms with Gasteiger partial charge in [0.15, 0.2) is 0 Å². The molecule has 3 nitrogen and oxygen atoms in total. The molecule has 0 radical (unpaired) electrons. The highest BCUT2D eigenvalue weighted by Crippen LogP contribution is 2.41. The van der Waals surface area contributed by atoms with Crippen LogP contribution in [0, 0.1) is 11.8 Å². The summed E-state index contributed by atoms with van der Waals surface area (Å²) in [6.07, 6.45) is 9.48. The molecule has 1 saturated carbocycles. The van der Waals surface area contributed by atoms with Crippen LogP contribution in [0.1, 0.15) is 65.7 Å². The van der Waals surface area contributed by atoms with Gasteiger partial charge in [-0.2, -0.15) is 0 Å². The standard InChI is InChI=1S/C17H35NO2Si/c1-14(2)12-13-21(19-4,20-5)18-15(3)10-11-16-8-6-7-9-17(16)18/h14-17H,6-13H2,1-5H3. The highest BCUT2D eigenvalue weighted by molar-refractivity contribution is 6.64. The van der Waals surface area contributed by atoms with Gasteiger partial charge < -0.3 is 8.85 Å². The maximum atomic E-state index is 6.14. The molecule has 2 fully saturated rings. The molecular weight excluding hydrogens is 278 g/mol. The van der Waals surface area contributed by atoms with E-state index in [2.05, 4.69) is 25.3 Å². The fraction of sp³-hybridized carbons (Fsp3) is 1.00. The van der Waals surface area contributed by atoms with E-state index < -0.39 is 8.72 Å². The highest BCUT2D eigenvalue weighted by Gasteiger charge is 2.52. The van der Waals surface area contributed by atoms with Crippen molar-refractivity contribution in [2.45, 2.75) is 83.8 Å². The third-order valence-corrected chi connectivity index (χ3v) is 9.48. The smallest absolute Gasteiger partial charge is 0.386 e. The second-order valence-corrected chi connectivity index (χ2v) is 10.8. The Morgan fingerprint density at radius 2 is 1.71 bits per heavy atom. The molecule has 1 heterocycles. The molecular formula is C17H35NO2Si. The van der Waals surface area contributed by atoms with Gasteiger partial charge in [-0.1, -0.05) is 26.7 Å². The number of nitrogens with zero attached hydrogens (tertiary/aromatic N) is 1. The molecule has 0 aromatic carbocycles. The topological polar surface area (TPSA) is 21.7 Å². The van der Waals surface area contributed by atoms with Gasteiger partial charge in [0, 0.05) is 32.3 Å². The normalized spacial score (nSPS) is 31.4. The maximum absolute atomic E-state index is 6.14. The van der Waals surface area contributed by atoms with E-state index in [-0.39, 0.29) is 0 Å². The number of hydrogen-bond acceptors (Lipinski definition) is 3. The molecule has 0 amide bonds. The Morgan fingerprint density at radius 1 is 1.05 bits per heavy atom. The summed E-state index contributed by atoms with van der Waals surface area (Å²) in [6, 6.07) is 2.43. The van der Waals surface area contributed by atoms with Gasteiger partial charge in [-0.3, -0.25) is 4.57 Å².